The van der Waals surface area contributed by atoms with Gasteiger partial charge in [-0.25, -0.2) is 0 Å². The molecular weight excluding hydrogens is 446 g/mol. The van der Waals surface area contributed by atoms with Gasteiger partial charge in [0.15, 0.2) is 11.3 Å². The fourth-order valence-electron chi connectivity index (χ4n) is 3.62. The summed E-state index contributed by atoms with van der Waals surface area (Å²) in [6.07, 6.45) is 0. The Bertz CT molecular complexity index is 1240. The predicted molar refractivity (Wildman–Crippen MR) is 126 cm³/mol. The van der Waals surface area contributed by atoms with E-state index in [9.17, 15) is 9.59 Å². The third kappa shape index (κ3) is 4.29. The second kappa shape index (κ2) is 9.03. The van der Waals surface area contributed by atoms with Crippen molar-refractivity contribution in [3.63, 3.8) is 0 Å². The van der Waals surface area contributed by atoms with E-state index >= 15 is 0 Å². The van der Waals surface area contributed by atoms with Gasteiger partial charge in [-0.05, 0) is 24.3 Å². The second-order valence-corrected chi connectivity index (χ2v) is 9.48. The van der Waals surface area contributed by atoms with Crippen LogP contribution in [0.1, 0.15) is 0 Å². The van der Waals surface area contributed by atoms with Gasteiger partial charge in [-0.3, -0.25) is 9.59 Å². The molecule has 3 N–H and O–H groups in total. The number of hydrogen-bond acceptors (Lipinski definition) is 8. The van der Waals surface area contributed by atoms with Crippen molar-refractivity contribution < 1.29 is 13.9 Å². The lowest BCUT2D eigenvalue weighted by atomic mass is 10.1. The number of hydrogen-bond donors (Lipinski definition) is 2. The van der Waals surface area contributed by atoms with Crippen LogP contribution in [-0.2, 0) is 9.53 Å². The molecule has 0 unspecified atom stereocenters. The first-order valence-corrected chi connectivity index (χ1v) is 11.8. The molecule has 1 amide bonds. The lowest BCUT2D eigenvalue weighted by Crippen LogP contribution is -2.36. The van der Waals surface area contributed by atoms with Crippen LogP contribution in [0.3, 0.4) is 0 Å². The summed E-state index contributed by atoms with van der Waals surface area (Å²) >= 11 is 3.26. The number of carbonyl (C=O) groups is 1. The van der Waals surface area contributed by atoms with Crippen LogP contribution < -0.4 is 21.4 Å². The maximum Gasteiger partial charge on any atom is 0.238 e. The Morgan fingerprint density at radius 2 is 1.88 bits per heavy atom. The van der Waals surface area contributed by atoms with E-state index < -0.39 is 0 Å². The van der Waals surface area contributed by atoms with Crippen molar-refractivity contribution in [2.24, 2.45) is 5.73 Å². The molecule has 0 aliphatic carbocycles. The summed E-state index contributed by atoms with van der Waals surface area (Å²) in [5.41, 5.74) is 6.92. The molecule has 1 aromatic heterocycles. The molecule has 7 nitrogen and oxygen atoms in total. The van der Waals surface area contributed by atoms with Crippen molar-refractivity contribution in [2.75, 3.05) is 43.1 Å². The molecule has 0 saturated carbocycles. The molecule has 3 aromatic rings. The monoisotopic (exact) mass is 467 g/mol. The van der Waals surface area contributed by atoms with Crippen molar-refractivity contribution in [1.29, 1.82) is 0 Å². The molecule has 164 valence electrons. The molecule has 2 aliphatic rings. The van der Waals surface area contributed by atoms with Gasteiger partial charge in [-0.1, -0.05) is 35.7 Å². The largest absolute Gasteiger partial charge is 0.440 e. The van der Waals surface area contributed by atoms with Crippen LogP contribution in [0.25, 0.3) is 11.3 Å². The Balaban J connectivity index is 1.49. The van der Waals surface area contributed by atoms with Crippen LogP contribution in [-0.4, -0.2) is 38.8 Å². The normalized spacial score (nSPS) is 15.1. The number of anilines is 2. The van der Waals surface area contributed by atoms with Crippen LogP contribution in [0.4, 0.5) is 11.6 Å². The number of rotatable bonds is 4. The van der Waals surface area contributed by atoms with Gasteiger partial charge in [0.2, 0.25) is 5.91 Å². The van der Waals surface area contributed by atoms with Crippen molar-refractivity contribution in [3.05, 3.63) is 58.8 Å². The van der Waals surface area contributed by atoms with Gasteiger partial charge in [0.1, 0.15) is 5.76 Å². The van der Waals surface area contributed by atoms with Crippen molar-refractivity contribution >= 4 is 41.0 Å². The molecule has 2 aromatic carbocycles. The number of morpholine rings is 1. The highest BCUT2D eigenvalue weighted by molar-refractivity contribution is 8.05. The van der Waals surface area contributed by atoms with Gasteiger partial charge in [0.05, 0.1) is 19.8 Å². The highest BCUT2D eigenvalue weighted by atomic mass is 32.2. The maximum atomic E-state index is 12.5. The number of nitrogens with one attached hydrogen (secondary N) is 1. The highest BCUT2D eigenvalue weighted by Gasteiger charge is 2.23. The Hall–Kier alpha value is -2.72. The van der Waals surface area contributed by atoms with E-state index in [0.29, 0.717) is 37.9 Å². The lowest BCUT2D eigenvalue weighted by molar-refractivity contribution is -0.114. The van der Waals surface area contributed by atoms with Crippen LogP contribution >= 0.6 is 23.5 Å². The van der Waals surface area contributed by atoms with E-state index in [4.69, 9.17) is 14.9 Å². The molecule has 0 bridgehead atoms. The lowest BCUT2D eigenvalue weighted by Gasteiger charge is -2.27. The zero-order valence-corrected chi connectivity index (χ0v) is 18.8. The average Bonchev–Trinajstić information content (AvgIpc) is 2.82. The Morgan fingerprint density at radius 3 is 2.69 bits per heavy atom. The zero-order valence-electron chi connectivity index (χ0n) is 17.1. The van der Waals surface area contributed by atoms with Crippen LogP contribution in [0.2, 0.25) is 0 Å². The minimum absolute atomic E-state index is 0.0557. The molecule has 2 aliphatic heterocycles. The van der Waals surface area contributed by atoms with Gasteiger partial charge >= 0.3 is 0 Å². The van der Waals surface area contributed by atoms with E-state index in [2.05, 4.69) is 11.4 Å². The third-order valence-corrected chi connectivity index (χ3v) is 7.76. The quantitative estimate of drug-likeness (QED) is 0.469. The summed E-state index contributed by atoms with van der Waals surface area (Å²) in [6, 6.07) is 14.9. The van der Waals surface area contributed by atoms with Crippen molar-refractivity contribution in [3.8, 4) is 11.3 Å². The van der Waals surface area contributed by atoms with Crippen LogP contribution in [0.5, 0.6) is 0 Å². The molecule has 0 spiro atoms. The minimum atomic E-state index is -0.226. The van der Waals surface area contributed by atoms with E-state index in [1.165, 1.54) is 0 Å². The number of amides is 1. The topological polar surface area (TPSA) is 97.8 Å². The van der Waals surface area contributed by atoms with Gasteiger partial charge in [-0.15, -0.1) is 0 Å². The summed E-state index contributed by atoms with van der Waals surface area (Å²) < 4.78 is 11.6. The summed E-state index contributed by atoms with van der Waals surface area (Å²) in [6.45, 7) is 2.57. The van der Waals surface area contributed by atoms with E-state index in [-0.39, 0.29) is 17.9 Å². The zero-order chi connectivity index (χ0) is 22.1. The molecule has 0 atom stereocenters. The molecule has 1 saturated heterocycles. The standard InChI is InChI=1S/C23H21N3O4S2/c24-13-21(28)25-14-4-5-18-20(10-14)31-19-3-1-2-16(23(19)32-18)17-11-15(27)12-22(30-17)26-6-8-29-9-7-26/h1-5,10-12H,6-9,13,24H2,(H,25,28). The van der Waals surface area contributed by atoms with Crippen LogP contribution in [0.15, 0.2) is 77.3 Å². The maximum absolute atomic E-state index is 12.5. The predicted octanol–water partition coefficient (Wildman–Crippen LogP) is 3.66. The van der Waals surface area contributed by atoms with E-state index in [0.717, 1.165) is 30.8 Å². The number of carbonyl (C=O) groups excluding carboxylic acids is 1. The highest BCUT2D eigenvalue weighted by Crippen LogP contribution is 2.52. The van der Waals surface area contributed by atoms with Gasteiger partial charge in [0.25, 0.3) is 0 Å². The van der Waals surface area contributed by atoms with E-state index in [1.54, 1.807) is 35.7 Å². The van der Waals surface area contributed by atoms with Crippen molar-refractivity contribution in [1.82, 2.24) is 0 Å². The number of fused-ring (bicyclic) bond motifs is 2. The van der Waals surface area contributed by atoms with Gasteiger partial charge in [-0.2, -0.15) is 0 Å². The fourth-order valence-corrected chi connectivity index (χ4v) is 6.03. The molecule has 5 rings (SSSR count). The first kappa shape index (κ1) is 21.1. The SMILES string of the molecule is NCC(=O)Nc1ccc2c(c1)Sc1cccc(-c3cc(=O)cc(N4CCOCC4)o3)c1S2. The fraction of sp³-hybridized carbons (Fsp3) is 0.217. The van der Waals surface area contributed by atoms with E-state index in [1.807, 2.05) is 35.2 Å². The first-order chi connectivity index (χ1) is 15.6. The first-order valence-electron chi connectivity index (χ1n) is 10.2. The van der Waals surface area contributed by atoms with Gasteiger partial charge in [0, 0.05) is 56.1 Å². The summed E-state index contributed by atoms with van der Waals surface area (Å²) in [7, 11) is 0. The molecule has 9 heteroatoms. The molecule has 3 heterocycles. The number of ether oxygens (including phenoxy) is 1. The summed E-state index contributed by atoms with van der Waals surface area (Å²) in [4.78, 5) is 30.4. The number of nitrogens with zero attached hydrogens (tertiary/aromatic N) is 1. The average molecular weight is 468 g/mol. The Labute approximate surface area is 193 Å². The number of benzene rings is 2. The Kier molecular flexibility index (Phi) is 5.97. The Morgan fingerprint density at radius 1 is 1.03 bits per heavy atom. The van der Waals surface area contributed by atoms with Gasteiger partial charge < -0.3 is 25.1 Å². The molecule has 1 fully saturated rings. The molecule has 0 radical (unpaired) electrons. The van der Waals surface area contributed by atoms with Crippen molar-refractivity contribution in [2.45, 2.75) is 19.6 Å². The van der Waals surface area contributed by atoms with Crippen LogP contribution in [0, 0.1) is 0 Å². The molecular formula is C23H21N3O4S2. The third-order valence-electron chi connectivity index (χ3n) is 5.17. The minimum Gasteiger partial charge on any atom is -0.440 e. The number of nitrogens with two attached hydrogens (primary N) is 1. The summed E-state index contributed by atoms with van der Waals surface area (Å²) in [5.74, 6) is 0.901. The summed E-state index contributed by atoms with van der Waals surface area (Å²) in [5, 5.41) is 2.80. The second-order valence-electron chi connectivity index (χ2n) is 7.35. The smallest absolute Gasteiger partial charge is 0.238 e. The molecule has 32 heavy (non-hydrogen) atoms.